The lowest BCUT2D eigenvalue weighted by Crippen LogP contribution is -2.34. The molecule has 0 bridgehead atoms. The van der Waals surface area contributed by atoms with E-state index in [0.717, 1.165) is 63.2 Å². The van der Waals surface area contributed by atoms with Crippen LogP contribution in [0.2, 0.25) is 0 Å². The van der Waals surface area contributed by atoms with Gasteiger partial charge in [-0.05, 0) is 124 Å². The summed E-state index contributed by atoms with van der Waals surface area (Å²) in [5.41, 5.74) is 3.04. The number of hydrogen-bond donors (Lipinski definition) is 1. The number of alkyl halides is 3. The standard InChI is InChI=1S/C33H39F3N2O3/c1-3-40-31-22-24(2)6-15-30(31)26-16-20-38(21-17-26)19-5-4-18-37-32(39)27-9-13-29(14-10-27)41-23-25-7-11-28(12-8-25)33(34,35)36/h6-15,22,26H,3-5,16-21,23H2,1-2H3,(H,37,39). The van der Waals surface area contributed by atoms with Crippen molar-refractivity contribution in [1.29, 1.82) is 0 Å². The molecule has 0 unspecified atom stereocenters. The Labute approximate surface area is 240 Å². The zero-order valence-electron chi connectivity index (χ0n) is 23.8. The summed E-state index contributed by atoms with van der Waals surface area (Å²) >= 11 is 0. The Morgan fingerprint density at radius 3 is 2.32 bits per heavy atom. The molecule has 3 aromatic carbocycles. The largest absolute Gasteiger partial charge is 0.494 e. The number of amides is 1. The number of benzene rings is 3. The number of carbonyl (C=O) groups is 1. The lowest BCUT2D eigenvalue weighted by molar-refractivity contribution is -0.137. The van der Waals surface area contributed by atoms with Crippen molar-refractivity contribution < 1.29 is 27.4 Å². The third kappa shape index (κ3) is 8.98. The maximum absolute atomic E-state index is 12.7. The molecule has 1 fully saturated rings. The molecule has 1 heterocycles. The average molecular weight is 569 g/mol. The molecule has 8 heteroatoms. The van der Waals surface area contributed by atoms with Crippen molar-refractivity contribution in [2.24, 2.45) is 0 Å². The van der Waals surface area contributed by atoms with E-state index in [9.17, 15) is 18.0 Å². The molecule has 1 saturated heterocycles. The van der Waals surface area contributed by atoms with Gasteiger partial charge in [0.15, 0.2) is 0 Å². The molecule has 0 atom stereocenters. The first kappa shape index (κ1) is 30.4. The normalized spacial score (nSPS) is 14.6. The molecule has 1 amide bonds. The summed E-state index contributed by atoms with van der Waals surface area (Å²) < 4.78 is 49.6. The highest BCUT2D eigenvalue weighted by molar-refractivity contribution is 5.94. The first-order valence-corrected chi connectivity index (χ1v) is 14.4. The summed E-state index contributed by atoms with van der Waals surface area (Å²) in [4.78, 5) is 15.0. The Balaban J connectivity index is 1.12. The Kier molecular flexibility index (Phi) is 10.7. The number of halogens is 3. The first-order valence-electron chi connectivity index (χ1n) is 14.4. The van der Waals surface area contributed by atoms with Crippen LogP contribution in [-0.2, 0) is 12.8 Å². The first-order chi connectivity index (χ1) is 19.7. The number of ether oxygens (including phenoxy) is 2. The van der Waals surface area contributed by atoms with Crippen molar-refractivity contribution in [2.45, 2.75) is 58.2 Å². The molecule has 1 aliphatic heterocycles. The summed E-state index contributed by atoms with van der Waals surface area (Å²) in [7, 11) is 0. The van der Waals surface area contributed by atoms with Crippen molar-refractivity contribution in [3.05, 3.63) is 94.5 Å². The van der Waals surface area contributed by atoms with Crippen LogP contribution in [0.15, 0.2) is 66.7 Å². The number of rotatable bonds is 12. The summed E-state index contributed by atoms with van der Waals surface area (Å²) in [6.07, 6.45) is -0.165. The number of piperidine rings is 1. The fraction of sp³-hybridized carbons (Fsp3) is 0.424. The summed E-state index contributed by atoms with van der Waals surface area (Å²) in [5, 5.41) is 2.98. The van der Waals surface area contributed by atoms with E-state index < -0.39 is 11.7 Å². The number of hydrogen-bond acceptors (Lipinski definition) is 4. The monoisotopic (exact) mass is 568 g/mol. The van der Waals surface area contributed by atoms with E-state index in [2.05, 4.69) is 35.3 Å². The van der Waals surface area contributed by atoms with Gasteiger partial charge in [-0.3, -0.25) is 4.79 Å². The molecule has 0 aromatic heterocycles. The van der Waals surface area contributed by atoms with Crippen molar-refractivity contribution in [3.63, 3.8) is 0 Å². The van der Waals surface area contributed by atoms with E-state index in [1.807, 2.05) is 6.92 Å². The number of unbranched alkanes of at least 4 members (excludes halogenated alkanes) is 1. The van der Waals surface area contributed by atoms with Crippen molar-refractivity contribution in [3.8, 4) is 11.5 Å². The molecule has 220 valence electrons. The second-order valence-corrected chi connectivity index (χ2v) is 10.6. The van der Waals surface area contributed by atoms with Gasteiger partial charge in [-0.2, -0.15) is 13.2 Å². The van der Waals surface area contributed by atoms with Crippen molar-refractivity contribution in [2.75, 3.05) is 32.8 Å². The van der Waals surface area contributed by atoms with Gasteiger partial charge in [0, 0.05) is 12.1 Å². The second-order valence-electron chi connectivity index (χ2n) is 10.6. The predicted molar refractivity (Wildman–Crippen MR) is 155 cm³/mol. The molecule has 4 rings (SSSR count). The van der Waals surface area contributed by atoms with Crippen LogP contribution in [0.5, 0.6) is 11.5 Å². The number of carbonyl (C=O) groups excluding carboxylic acids is 1. The third-order valence-electron chi connectivity index (χ3n) is 7.49. The van der Waals surface area contributed by atoms with Crippen molar-refractivity contribution >= 4 is 5.91 Å². The lowest BCUT2D eigenvalue weighted by Gasteiger charge is -2.33. The van der Waals surface area contributed by atoms with Crippen LogP contribution in [0.25, 0.3) is 0 Å². The van der Waals surface area contributed by atoms with Crippen LogP contribution in [0, 0.1) is 6.92 Å². The minimum absolute atomic E-state index is 0.136. The third-order valence-corrected chi connectivity index (χ3v) is 7.49. The van der Waals surface area contributed by atoms with Gasteiger partial charge in [0.1, 0.15) is 18.1 Å². The SMILES string of the molecule is CCOc1cc(C)ccc1C1CCN(CCCCNC(=O)c2ccc(OCc3ccc(C(F)(F)F)cc3)cc2)CC1. The number of aryl methyl sites for hydroxylation is 1. The molecule has 0 saturated carbocycles. The Hall–Kier alpha value is -3.52. The van der Waals surface area contributed by atoms with Gasteiger partial charge in [-0.1, -0.05) is 24.3 Å². The van der Waals surface area contributed by atoms with Gasteiger partial charge in [0.2, 0.25) is 0 Å². The molecular weight excluding hydrogens is 529 g/mol. The molecule has 41 heavy (non-hydrogen) atoms. The Morgan fingerprint density at radius 2 is 1.66 bits per heavy atom. The zero-order chi connectivity index (χ0) is 29.2. The zero-order valence-corrected chi connectivity index (χ0v) is 23.8. The average Bonchev–Trinajstić information content (AvgIpc) is 2.96. The van der Waals surface area contributed by atoms with Crippen LogP contribution in [0.4, 0.5) is 13.2 Å². The Bertz CT molecular complexity index is 1250. The van der Waals surface area contributed by atoms with E-state index >= 15 is 0 Å². The molecule has 1 N–H and O–H groups in total. The molecule has 0 radical (unpaired) electrons. The highest BCUT2D eigenvalue weighted by atomic mass is 19.4. The molecule has 0 aliphatic carbocycles. The van der Waals surface area contributed by atoms with Gasteiger partial charge in [-0.25, -0.2) is 0 Å². The van der Waals surface area contributed by atoms with Gasteiger partial charge < -0.3 is 19.7 Å². The summed E-state index contributed by atoms with van der Waals surface area (Å²) in [6.45, 7) is 8.74. The van der Waals surface area contributed by atoms with E-state index in [1.54, 1.807) is 24.3 Å². The van der Waals surface area contributed by atoms with Gasteiger partial charge >= 0.3 is 6.18 Å². The van der Waals surface area contributed by atoms with E-state index in [1.165, 1.54) is 23.3 Å². The molecule has 5 nitrogen and oxygen atoms in total. The maximum atomic E-state index is 12.7. The molecule has 1 aliphatic rings. The highest BCUT2D eigenvalue weighted by Gasteiger charge is 2.30. The fourth-order valence-corrected chi connectivity index (χ4v) is 5.15. The predicted octanol–water partition coefficient (Wildman–Crippen LogP) is 7.38. The topological polar surface area (TPSA) is 50.8 Å². The number of nitrogens with zero attached hydrogens (tertiary/aromatic N) is 1. The van der Waals surface area contributed by atoms with Gasteiger partial charge in [0.25, 0.3) is 5.91 Å². The van der Waals surface area contributed by atoms with Crippen LogP contribution < -0.4 is 14.8 Å². The van der Waals surface area contributed by atoms with E-state index in [0.29, 0.717) is 35.9 Å². The minimum atomic E-state index is -4.36. The van der Waals surface area contributed by atoms with Gasteiger partial charge in [-0.15, -0.1) is 0 Å². The van der Waals surface area contributed by atoms with Crippen LogP contribution in [0.1, 0.15) is 71.1 Å². The number of nitrogens with one attached hydrogen (secondary N) is 1. The Morgan fingerprint density at radius 1 is 0.951 bits per heavy atom. The van der Waals surface area contributed by atoms with Crippen LogP contribution >= 0.6 is 0 Å². The molecular formula is C33H39F3N2O3. The molecule has 0 spiro atoms. The lowest BCUT2D eigenvalue weighted by atomic mass is 9.88. The summed E-state index contributed by atoms with van der Waals surface area (Å²) in [5.74, 6) is 1.97. The van der Waals surface area contributed by atoms with Crippen LogP contribution in [-0.4, -0.2) is 43.6 Å². The second kappa shape index (κ2) is 14.4. The smallest absolute Gasteiger partial charge is 0.416 e. The number of likely N-dealkylation sites (tertiary alicyclic amines) is 1. The summed E-state index contributed by atoms with van der Waals surface area (Å²) in [6, 6.07) is 18.2. The fourth-order valence-electron chi connectivity index (χ4n) is 5.15. The van der Waals surface area contributed by atoms with Gasteiger partial charge in [0.05, 0.1) is 12.2 Å². The minimum Gasteiger partial charge on any atom is -0.494 e. The van der Waals surface area contributed by atoms with E-state index in [4.69, 9.17) is 9.47 Å². The quantitative estimate of drug-likeness (QED) is 0.232. The molecule has 3 aromatic rings. The van der Waals surface area contributed by atoms with Crippen molar-refractivity contribution in [1.82, 2.24) is 10.2 Å². The maximum Gasteiger partial charge on any atom is 0.416 e. The highest BCUT2D eigenvalue weighted by Crippen LogP contribution is 2.35. The van der Waals surface area contributed by atoms with Crippen LogP contribution in [0.3, 0.4) is 0 Å². The van der Waals surface area contributed by atoms with E-state index in [-0.39, 0.29) is 12.5 Å².